The highest BCUT2D eigenvalue weighted by Crippen LogP contribution is 2.18. The van der Waals surface area contributed by atoms with Crippen LogP contribution in [0.2, 0.25) is 0 Å². The van der Waals surface area contributed by atoms with Crippen LogP contribution >= 0.6 is 0 Å². The Labute approximate surface area is 77.3 Å². The molecule has 0 rings (SSSR count). The van der Waals surface area contributed by atoms with Crippen LogP contribution in [-0.2, 0) is 4.74 Å². The summed E-state index contributed by atoms with van der Waals surface area (Å²) in [6.45, 7) is 3.49. The lowest BCUT2D eigenvalue weighted by atomic mass is 10.2. The van der Waals surface area contributed by atoms with Crippen LogP contribution in [0.5, 0.6) is 0 Å². The zero-order chi connectivity index (χ0) is 10.3. The van der Waals surface area contributed by atoms with E-state index in [1.807, 2.05) is 6.92 Å². The normalized spacial score (nSPS) is 14.5. The summed E-state index contributed by atoms with van der Waals surface area (Å²) in [5, 5.41) is 0. The Balaban J connectivity index is 3.31. The zero-order valence-electron chi connectivity index (χ0n) is 8.03. The first kappa shape index (κ1) is 12.8. The van der Waals surface area contributed by atoms with Crippen LogP contribution in [0.4, 0.5) is 13.2 Å². The number of hydrogen-bond donors (Lipinski definition) is 0. The molecule has 0 spiro atoms. The van der Waals surface area contributed by atoms with Crippen LogP contribution < -0.4 is 0 Å². The van der Waals surface area contributed by atoms with E-state index in [-0.39, 0.29) is 19.1 Å². The van der Waals surface area contributed by atoms with Gasteiger partial charge in [-0.2, -0.15) is 13.2 Å². The monoisotopic (exact) mass is 197 g/mol. The van der Waals surface area contributed by atoms with E-state index in [4.69, 9.17) is 4.74 Å². The molecule has 0 fully saturated rings. The summed E-state index contributed by atoms with van der Waals surface area (Å²) >= 11 is 0. The number of hydrogen-bond acceptors (Lipinski definition) is 1. The van der Waals surface area contributed by atoms with E-state index in [0.717, 1.165) is 19.3 Å². The lowest BCUT2D eigenvalue weighted by Gasteiger charge is -2.12. The van der Waals surface area contributed by atoms with Gasteiger partial charge in [-0.3, -0.25) is 0 Å². The summed E-state index contributed by atoms with van der Waals surface area (Å²) in [6, 6.07) is 0. The van der Waals surface area contributed by atoms with Crippen molar-refractivity contribution in [3.05, 3.63) is 6.42 Å². The van der Waals surface area contributed by atoms with Gasteiger partial charge in [-0.15, -0.1) is 0 Å². The summed E-state index contributed by atoms with van der Waals surface area (Å²) in [6.07, 6.45) is -1.22. The Morgan fingerprint density at radius 2 is 2.00 bits per heavy atom. The van der Waals surface area contributed by atoms with E-state index in [2.05, 4.69) is 0 Å². The third-order valence-electron chi connectivity index (χ3n) is 1.66. The molecule has 0 aromatic carbocycles. The van der Waals surface area contributed by atoms with Crippen molar-refractivity contribution >= 4 is 0 Å². The van der Waals surface area contributed by atoms with Crippen molar-refractivity contribution in [2.24, 2.45) is 0 Å². The number of alkyl halides is 3. The number of ether oxygens (including phenoxy) is 1. The van der Waals surface area contributed by atoms with Crippen molar-refractivity contribution in [1.82, 2.24) is 0 Å². The van der Waals surface area contributed by atoms with Crippen molar-refractivity contribution < 1.29 is 17.9 Å². The Bertz CT molecular complexity index is 123. The van der Waals surface area contributed by atoms with Gasteiger partial charge in [-0.25, -0.2) is 0 Å². The van der Waals surface area contributed by atoms with Gasteiger partial charge in [-0.05, 0) is 13.3 Å². The minimum absolute atomic E-state index is 0.0847. The van der Waals surface area contributed by atoms with E-state index in [1.165, 1.54) is 0 Å². The first-order valence-electron chi connectivity index (χ1n) is 4.48. The lowest BCUT2D eigenvalue weighted by molar-refractivity contribution is -0.108. The average molecular weight is 197 g/mol. The third kappa shape index (κ3) is 9.67. The molecular weight excluding hydrogens is 181 g/mol. The van der Waals surface area contributed by atoms with Gasteiger partial charge >= 0.3 is 6.18 Å². The van der Waals surface area contributed by atoms with Gasteiger partial charge in [0.1, 0.15) is 0 Å². The third-order valence-corrected chi connectivity index (χ3v) is 1.66. The molecular formula is C9H16F3O. The Morgan fingerprint density at radius 1 is 1.38 bits per heavy atom. The smallest absolute Gasteiger partial charge is 0.378 e. The fraction of sp³-hybridized carbons (Fsp3) is 0.889. The Morgan fingerprint density at radius 3 is 2.46 bits per heavy atom. The van der Waals surface area contributed by atoms with Gasteiger partial charge in [0.05, 0.1) is 19.1 Å². The average Bonchev–Trinajstić information content (AvgIpc) is 1.98. The quantitative estimate of drug-likeness (QED) is 0.634. The molecule has 0 aliphatic heterocycles. The predicted octanol–water partition coefficient (Wildman–Crippen LogP) is 3.35. The minimum atomic E-state index is -4.22. The van der Waals surface area contributed by atoms with Crippen molar-refractivity contribution in [3.63, 3.8) is 0 Å². The second-order valence-corrected chi connectivity index (χ2v) is 3.03. The molecule has 0 heterocycles. The summed E-state index contributed by atoms with van der Waals surface area (Å²) in [5.74, 6) is 0. The van der Waals surface area contributed by atoms with E-state index < -0.39 is 6.18 Å². The number of rotatable bonds is 6. The Hall–Kier alpha value is -0.250. The highest BCUT2D eigenvalue weighted by Gasteiger charge is 2.27. The van der Waals surface area contributed by atoms with Crippen LogP contribution in [0.3, 0.4) is 0 Å². The maximum atomic E-state index is 11.6. The molecule has 0 N–H and O–H groups in total. The summed E-state index contributed by atoms with van der Waals surface area (Å²) in [7, 11) is 0. The van der Waals surface area contributed by atoms with E-state index in [9.17, 15) is 13.2 Å². The van der Waals surface area contributed by atoms with Crippen LogP contribution in [0.25, 0.3) is 0 Å². The molecule has 1 radical (unpaired) electrons. The molecule has 0 saturated heterocycles. The van der Waals surface area contributed by atoms with Gasteiger partial charge in [0.25, 0.3) is 0 Å². The van der Waals surface area contributed by atoms with Crippen LogP contribution in [-0.4, -0.2) is 18.9 Å². The Kier molecular flexibility index (Phi) is 6.12. The molecule has 1 atom stereocenters. The maximum Gasteiger partial charge on any atom is 0.394 e. The minimum Gasteiger partial charge on any atom is -0.378 e. The van der Waals surface area contributed by atoms with Crippen molar-refractivity contribution in [3.8, 4) is 0 Å². The molecule has 0 aliphatic rings. The topological polar surface area (TPSA) is 9.23 Å². The summed E-state index contributed by atoms with van der Waals surface area (Å²) in [4.78, 5) is 0. The summed E-state index contributed by atoms with van der Waals surface area (Å²) < 4.78 is 39.8. The van der Waals surface area contributed by atoms with Crippen molar-refractivity contribution in [2.45, 2.75) is 45.4 Å². The molecule has 1 nitrogen and oxygen atoms in total. The second kappa shape index (κ2) is 6.24. The second-order valence-electron chi connectivity index (χ2n) is 3.03. The molecule has 79 valence electrons. The lowest BCUT2D eigenvalue weighted by Crippen LogP contribution is -2.16. The molecule has 0 saturated carbocycles. The molecule has 0 amide bonds. The molecule has 4 heteroatoms. The first-order valence-corrected chi connectivity index (χ1v) is 4.48. The van der Waals surface area contributed by atoms with E-state index in [1.54, 1.807) is 6.92 Å². The van der Waals surface area contributed by atoms with Gasteiger partial charge < -0.3 is 4.74 Å². The van der Waals surface area contributed by atoms with E-state index >= 15 is 0 Å². The zero-order valence-corrected chi connectivity index (χ0v) is 8.03. The number of unbranched alkanes of at least 4 members (excludes halogenated alkanes) is 1. The predicted molar refractivity (Wildman–Crippen MR) is 45.3 cm³/mol. The number of halogens is 3. The van der Waals surface area contributed by atoms with Crippen LogP contribution in [0, 0.1) is 6.42 Å². The van der Waals surface area contributed by atoms with Crippen molar-refractivity contribution in [2.75, 3.05) is 6.61 Å². The maximum absolute atomic E-state index is 11.6. The SMILES string of the molecule is CCCCC(C)OC[CH]C(F)(F)F. The van der Waals surface area contributed by atoms with Gasteiger partial charge in [0.2, 0.25) is 0 Å². The molecule has 13 heavy (non-hydrogen) atoms. The molecule has 0 aliphatic carbocycles. The highest BCUT2D eigenvalue weighted by molar-refractivity contribution is 4.73. The molecule has 0 bridgehead atoms. The molecule has 0 aromatic heterocycles. The first-order chi connectivity index (χ1) is 5.95. The van der Waals surface area contributed by atoms with Gasteiger partial charge in [0.15, 0.2) is 0 Å². The fourth-order valence-corrected chi connectivity index (χ4v) is 0.882. The summed E-state index contributed by atoms with van der Waals surface area (Å²) in [5.41, 5.74) is 0. The van der Waals surface area contributed by atoms with Gasteiger partial charge in [0, 0.05) is 0 Å². The molecule has 1 unspecified atom stereocenters. The largest absolute Gasteiger partial charge is 0.394 e. The van der Waals surface area contributed by atoms with E-state index in [0.29, 0.717) is 0 Å². The highest BCUT2D eigenvalue weighted by atomic mass is 19.4. The van der Waals surface area contributed by atoms with Crippen LogP contribution in [0.15, 0.2) is 0 Å². The van der Waals surface area contributed by atoms with Gasteiger partial charge in [-0.1, -0.05) is 19.8 Å². The standard InChI is InChI=1S/C9H16F3O/c1-3-4-5-8(2)13-7-6-9(10,11)12/h6,8H,3-5,7H2,1-2H3. The fourth-order valence-electron chi connectivity index (χ4n) is 0.882. The molecule has 0 aromatic rings. The van der Waals surface area contributed by atoms with Crippen molar-refractivity contribution in [1.29, 1.82) is 0 Å². The van der Waals surface area contributed by atoms with Crippen LogP contribution in [0.1, 0.15) is 33.1 Å².